The summed E-state index contributed by atoms with van der Waals surface area (Å²) in [5, 5.41) is 3.64. The number of ketones is 1. The zero-order valence-electron chi connectivity index (χ0n) is 26.3. The fourth-order valence-corrected chi connectivity index (χ4v) is 7.93. The van der Waals surface area contributed by atoms with Crippen LogP contribution in [-0.2, 0) is 11.3 Å². The molecule has 224 valence electrons. The second kappa shape index (κ2) is 10.3. The van der Waals surface area contributed by atoms with E-state index in [1.54, 1.807) is 0 Å². The van der Waals surface area contributed by atoms with Crippen molar-refractivity contribution >= 4 is 34.0 Å². The summed E-state index contributed by atoms with van der Waals surface area (Å²) < 4.78 is 2.25. The van der Waals surface area contributed by atoms with Gasteiger partial charge in [0.2, 0.25) is 5.95 Å². The molecule has 1 aromatic heterocycles. The van der Waals surface area contributed by atoms with Crippen LogP contribution in [0.25, 0.3) is 16.6 Å². The molecule has 0 amide bonds. The van der Waals surface area contributed by atoms with E-state index in [-0.39, 0.29) is 23.3 Å². The van der Waals surface area contributed by atoms with Crippen molar-refractivity contribution in [2.75, 3.05) is 10.2 Å². The lowest BCUT2D eigenvalue weighted by atomic mass is 9.76. The van der Waals surface area contributed by atoms with Gasteiger partial charge in [-0.3, -0.25) is 9.36 Å². The van der Waals surface area contributed by atoms with Crippen molar-refractivity contribution in [3.05, 3.63) is 142 Å². The lowest BCUT2D eigenvalue weighted by Gasteiger charge is -2.44. The summed E-state index contributed by atoms with van der Waals surface area (Å²) in [5.41, 5.74) is 12.3. The molecule has 0 spiro atoms. The van der Waals surface area contributed by atoms with Crippen LogP contribution in [0.1, 0.15) is 73.4 Å². The standard InChI is InChI=1S/C40H38N4O/c1-25-12-8-9-15-30(25)29-21-33-37(36(45)22-29)38(44-35-17-11-10-16-32(35)41-39(44)42-33)28-18-19-34-31(20-28)26(2)23-40(3,4)43(34)24-27-13-6-5-7-14-27/h5-20,23,29,38H,21-22,24H2,1-4H3,(H,41,42)/t29-,38-/m0/s1. The highest BCUT2D eigenvalue weighted by Gasteiger charge is 2.40. The van der Waals surface area contributed by atoms with E-state index >= 15 is 0 Å². The molecule has 3 heterocycles. The number of hydrogen-bond donors (Lipinski definition) is 1. The number of hydrogen-bond acceptors (Lipinski definition) is 4. The molecule has 5 nitrogen and oxygen atoms in total. The van der Waals surface area contributed by atoms with Gasteiger partial charge in [-0.05, 0) is 92.1 Å². The molecule has 5 aromatic rings. The minimum atomic E-state index is -0.260. The summed E-state index contributed by atoms with van der Waals surface area (Å²) in [6.07, 6.45) is 3.67. The van der Waals surface area contributed by atoms with Gasteiger partial charge in [-0.25, -0.2) is 4.98 Å². The van der Waals surface area contributed by atoms with Crippen molar-refractivity contribution in [2.24, 2.45) is 0 Å². The van der Waals surface area contributed by atoms with Gasteiger partial charge in [-0.2, -0.15) is 0 Å². The second-order valence-corrected chi connectivity index (χ2v) is 13.4. The second-order valence-electron chi connectivity index (χ2n) is 13.4. The zero-order valence-corrected chi connectivity index (χ0v) is 26.3. The molecule has 3 aliphatic rings. The Labute approximate surface area is 264 Å². The number of para-hydroxylation sites is 2. The average Bonchev–Trinajstić information content (AvgIpc) is 3.40. The Morgan fingerprint density at radius 1 is 0.889 bits per heavy atom. The van der Waals surface area contributed by atoms with E-state index in [9.17, 15) is 4.79 Å². The number of anilines is 2. The maximum absolute atomic E-state index is 14.3. The molecule has 0 radical (unpaired) electrons. The molecule has 8 rings (SSSR count). The molecule has 1 aliphatic carbocycles. The first-order chi connectivity index (χ1) is 21.8. The summed E-state index contributed by atoms with van der Waals surface area (Å²) in [4.78, 5) is 21.8. The van der Waals surface area contributed by atoms with Gasteiger partial charge in [0.1, 0.15) is 0 Å². The minimum Gasteiger partial charge on any atom is -0.358 e. The number of imidazole rings is 1. The first-order valence-electron chi connectivity index (χ1n) is 16.0. The van der Waals surface area contributed by atoms with Gasteiger partial charge < -0.3 is 10.2 Å². The Morgan fingerprint density at radius 3 is 2.47 bits per heavy atom. The predicted octanol–water partition coefficient (Wildman–Crippen LogP) is 8.96. The van der Waals surface area contributed by atoms with Crippen molar-refractivity contribution in [2.45, 2.75) is 64.6 Å². The smallest absolute Gasteiger partial charge is 0.209 e. The Kier molecular flexibility index (Phi) is 6.35. The largest absolute Gasteiger partial charge is 0.358 e. The van der Waals surface area contributed by atoms with E-state index in [1.807, 2.05) is 6.07 Å². The first-order valence-corrected chi connectivity index (χ1v) is 16.0. The van der Waals surface area contributed by atoms with Crippen LogP contribution in [0.5, 0.6) is 0 Å². The van der Waals surface area contributed by atoms with Crippen molar-refractivity contribution in [1.82, 2.24) is 9.55 Å². The van der Waals surface area contributed by atoms with Gasteiger partial charge in [0, 0.05) is 35.5 Å². The van der Waals surface area contributed by atoms with E-state index in [4.69, 9.17) is 4.98 Å². The van der Waals surface area contributed by atoms with E-state index in [1.165, 1.54) is 33.5 Å². The number of nitrogens with one attached hydrogen (secondary N) is 1. The Balaban J connectivity index is 1.28. The number of Topliss-reactive ketones (excluding diaryl/α,β-unsaturated/α-hetero) is 1. The molecular weight excluding hydrogens is 552 g/mol. The summed E-state index contributed by atoms with van der Waals surface area (Å²) in [5.74, 6) is 1.15. The third-order valence-corrected chi connectivity index (χ3v) is 10.0. The Bertz CT molecular complexity index is 2050. The molecule has 5 heteroatoms. The van der Waals surface area contributed by atoms with Crippen LogP contribution in [0.2, 0.25) is 0 Å². The topological polar surface area (TPSA) is 50.2 Å². The molecule has 1 N–H and O–H groups in total. The number of nitrogens with zero attached hydrogens (tertiary/aromatic N) is 3. The molecule has 0 saturated carbocycles. The number of allylic oxidation sites excluding steroid dienone is 3. The predicted molar refractivity (Wildman–Crippen MR) is 183 cm³/mol. The fraction of sp³-hybridized carbons (Fsp3) is 0.250. The Morgan fingerprint density at radius 2 is 1.64 bits per heavy atom. The highest BCUT2D eigenvalue weighted by molar-refractivity contribution is 6.01. The fourth-order valence-electron chi connectivity index (χ4n) is 7.93. The van der Waals surface area contributed by atoms with E-state index in [0.29, 0.717) is 6.42 Å². The molecular formula is C40H38N4O. The van der Waals surface area contributed by atoms with Crippen LogP contribution in [-0.4, -0.2) is 20.9 Å². The monoisotopic (exact) mass is 590 g/mol. The summed E-state index contributed by atoms with van der Waals surface area (Å²) in [6.45, 7) is 9.76. The zero-order chi connectivity index (χ0) is 30.9. The lowest BCUT2D eigenvalue weighted by Crippen LogP contribution is -2.44. The number of benzene rings is 4. The van der Waals surface area contributed by atoms with Gasteiger partial charge >= 0.3 is 0 Å². The van der Waals surface area contributed by atoms with Crippen LogP contribution in [0.3, 0.4) is 0 Å². The van der Waals surface area contributed by atoms with Gasteiger partial charge in [0.15, 0.2) is 5.78 Å². The Hall–Kier alpha value is -4.90. The van der Waals surface area contributed by atoms with Crippen LogP contribution in [0, 0.1) is 6.92 Å². The van der Waals surface area contributed by atoms with Crippen molar-refractivity contribution < 1.29 is 4.79 Å². The molecule has 0 bridgehead atoms. The maximum atomic E-state index is 14.3. The molecule has 2 atom stereocenters. The van der Waals surface area contributed by atoms with E-state index in [0.717, 1.165) is 46.8 Å². The molecule has 0 fully saturated rings. The quantitative estimate of drug-likeness (QED) is 0.227. The third kappa shape index (κ3) is 4.52. The van der Waals surface area contributed by atoms with Crippen LogP contribution in [0.4, 0.5) is 11.6 Å². The summed E-state index contributed by atoms with van der Waals surface area (Å²) >= 11 is 0. The average molecular weight is 591 g/mol. The number of fused-ring (bicyclic) bond motifs is 4. The highest BCUT2D eigenvalue weighted by Crippen LogP contribution is 2.48. The van der Waals surface area contributed by atoms with Crippen molar-refractivity contribution in [3.8, 4) is 0 Å². The summed E-state index contributed by atoms with van der Waals surface area (Å²) in [7, 11) is 0. The summed E-state index contributed by atoms with van der Waals surface area (Å²) in [6, 6.07) is 34.0. The van der Waals surface area contributed by atoms with E-state index < -0.39 is 0 Å². The molecule has 0 unspecified atom stereocenters. The van der Waals surface area contributed by atoms with E-state index in [2.05, 4.69) is 140 Å². The van der Waals surface area contributed by atoms with Crippen LogP contribution in [0.15, 0.2) is 114 Å². The first kappa shape index (κ1) is 27.6. The van der Waals surface area contributed by atoms with Gasteiger partial charge in [0.25, 0.3) is 0 Å². The van der Waals surface area contributed by atoms with Crippen LogP contribution < -0.4 is 10.2 Å². The van der Waals surface area contributed by atoms with Gasteiger partial charge in [-0.15, -0.1) is 0 Å². The minimum absolute atomic E-state index is 0.142. The SMILES string of the molecule is CC1=CC(C)(C)N(Cc2ccccc2)c2ccc([C@H]3C4=C(C[C@H](c5ccccc5C)CC4=O)Nc4nc5ccccc5n43)cc21. The number of carbonyl (C=O) groups excluding carboxylic acids is 1. The number of carbonyl (C=O) groups is 1. The maximum Gasteiger partial charge on any atom is 0.209 e. The third-order valence-electron chi connectivity index (χ3n) is 10.0. The van der Waals surface area contributed by atoms with Crippen molar-refractivity contribution in [1.29, 1.82) is 0 Å². The highest BCUT2D eigenvalue weighted by atomic mass is 16.1. The van der Waals surface area contributed by atoms with Gasteiger partial charge in [-0.1, -0.05) is 78.9 Å². The van der Waals surface area contributed by atoms with Crippen molar-refractivity contribution in [3.63, 3.8) is 0 Å². The molecule has 2 aliphatic heterocycles. The number of rotatable bonds is 4. The molecule has 0 saturated heterocycles. The molecule has 45 heavy (non-hydrogen) atoms. The van der Waals surface area contributed by atoms with Gasteiger partial charge in [0.05, 0.1) is 22.6 Å². The van der Waals surface area contributed by atoms with Crippen LogP contribution >= 0.6 is 0 Å². The molecule has 4 aromatic carbocycles. The number of aromatic nitrogens is 2. The lowest BCUT2D eigenvalue weighted by molar-refractivity contribution is -0.116. The number of aryl methyl sites for hydroxylation is 1. The normalized spacial score (nSPS) is 20.3.